The zero-order chi connectivity index (χ0) is 13.7. The van der Waals surface area contributed by atoms with Crippen molar-refractivity contribution in [3.05, 3.63) is 64.1 Å². The predicted molar refractivity (Wildman–Crippen MR) is 81.1 cm³/mol. The monoisotopic (exact) mass is 295 g/mol. The third-order valence-electron chi connectivity index (χ3n) is 2.80. The van der Waals surface area contributed by atoms with Crippen molar-refractivity contribution in [2.24, 2.45) is 0 Å². The van der Waals surface area contributed by atoms with E-state index < -0.39 is 0 Å². The van der Waals surface area contributed by atoms with Gasteiger partial charge in [0.25, 0.3) is 0 Å². The van der Waals surface area contributed by atoms with Gasteiger partial charge in [-0.05, 0) is 23.8 Å². The van der Waals surface area contributed by atoms with Gasteiger partial charge in [0.15, 0.2) is 0 Å². The van der Waals surface area contributed by atoms with Gasteiger partial charge in [-0.15, -0.1) is 0 Å². The number of halogens is 2. The molecule has 0 aliphatic heterocycles. The van der Waals surface area contributed by atoms with Crippen LogP contribution in [0.2, 0.25) is 10.0 Å². The lowest BCUT2D eigenvalue weighted by Gasteiger charge is -2.20. The van der Waals surface area contributed by atoms with Crippen LogP contribution in [0.25, 0.3) is 0 Å². The predicted octanol–water partition coefficient (Wildman–Crippen LogP) is 4.79. The largest absolute Gasteiger partial charge is 0.382 e. The van der Waals surface area contributed by atoms with E-state index in [2.05, 4.69) is 17.4 Å². The standard InChI is InChI=1S/C15H15Cl2NO/c1-19-10-15(11-5-3-2-4-6-11)18-14-8-7-12(16)9-13(14)17/h2-9,15,18H,10H2,1H3. The summed E-state index contributed by atoms with van der Waals surface area (Å²) in [6, 6.07) is 15.6. The van der Waals surface area contributed by atoms with Crippen LogP contribution in [0.4, 0.5) is 5.69 Å². The lowest BCUT2D eigenvalue weighted by molar-refractivity contribution is 0.186. The van der Waals surface area contributed by atoms with E-state index in [-0.39, 0.29) is 6.04 Å². The Kier molecular flexibility index (Phi) is 5.08. The smallest absolute Gasteiger partial charge is 0.0748 e. The Morgan fingerprint density at radius 1 is 1.11 bits per heavy atom. The van der Waals surface area contributed by atoms with Gasteiger partial charge in [-0.3, -0.25) is 0 Å². The number of nitrogens with one attached hydrogen (secondary N) is 1. The fourth-order valence-corrected chi connectivity index (χ4v) is 2.33. The second-order valence-corrected chi connectivity index (χ2v) is 5.03. The van der Waals surface area contributed by atoms with Gasteiger partial charge in [-0.2, -0.15) is 0 Å². The van der Waals surface area contributed by atoms with Crippen LogP contribution < -0.4 is 5.32 Å². The summed E-state index contributed by atoms with van der Waals surface area (Å²) in [5, 5.41) is 4.60. The van der Waals surface area contributed by atoms with Gasteiger partial charge >= 0.3 is 0 Å². The molecule has 0 fully saturated rings. The highest BCUT2D eigenvalue weighted by molar-refractivity contribution is 6.36. The summed E-state index contributed by atoms with van der Waals surface area (Å²) in [5.74, 6) is 0. The maximum Gasteiger partial charge on any atom is 0.0748 e. The van der Waals surface area contributed by atoms with Gasteiger partial charge in [0.1, 0.15) is 0 Å². The first-order valence-corrected chi connectivity index (χ1v) is 6.72. The molecule has 0 aliphatic rings. The van der Waals surface area contributed by atoms with E-state index in [1.807, 2.05) is 30.3 Å². The van der Waals surface area contributed by atoms with E-state index in [0.29, 0.717) is 16.7 Å². The zero-order valence-corrected chi connectivity index (χ0v) is 12.1. The molecule has 2 rings (SSSR count). The Bertz CT molecular complexity index is 531. The third kappa shape index (κ3) is 3.87. The molecule has 0 heterocycles. The fraction of sp³-hybridized carbons (Fsp3) is 0.200. The molecule has 0 radical (unpaired) electrons. The zero-order valence-electron chi connectivity index (χ0n) is 10.6. The summed E-state index contributed by atoms with van der Waals surface area (Å²) in [7, 11) is 1.68. The molecule has 1 unspecified atom stereocenters. The molecule has 0 spiro atoms. The van der Waals surface area contributed by atoms with E-state index in [4.69, 9.17) is 27.9 Å². The first kappa shape index (κ1) is 14.2. The number of rotatable bonds is 5. The number of benzene rings is 2. The van der Waals surface area contributed by atoms with E-state index in [1.54, 1.807) is 13.2 Å². The quantitative estimate of drug-likeness (QED) is 0.856. The summed E-state index contributed by atoms with van der Waals surface area (Å²) in [5.41, 5.74) is 1.99. The minimum atomic E-state index is 0.0462. The van der Waals surface area contributed by atoms with Gasteiger partial charge in [0.05, 0.1) is 23.4 Å². The summed E-state index contributed by atoms with van der Waals surface area (Å²) in [6.45, 7) is 0.559. The van der Waals surface area contributed by atoms with Crippen LogP contribution in [-0.4, -0.2) is 13.7 Å². The Morgan fingerprint density at radius 2 is 1.84 bits per heavy atom. The molecule has 100 valence electrons. The lowest BCUT2D eigenvalue weighted by Crippen LogP contribution is -2.16. The number of anilines is 1. The highest BCUT2D eigenvalue weighted by atomic mass is 35.5. The van der Waals surface area contributed by atoms with Crippen molar-refractivity contribution in [3.63, 3.8) is 0 Å². The number of methoxy groups -OCH3 is 1. The molecule has 0 bridgehead atoms. The molecule has 4 heteroatoms. The molecule has 2 aromatic rings. The number of ether oxygens (including phenoxy) is 1. The Morgan fingerprint density at radius 3 is 2.47 bits per heavy atom. The van der Waals surface area contributed by atoms with Crippen LogP contribution >= 0.6 is 23.2 Å². The van der Waals surface area contributed by atoms with Gasteiger partial charge in [0, 0.05) is 12.1 Å². The van der Waals surface area contributed by atoms with E-state index in [1.165, 1.54) is 0 Å². The average molecular weight is 296 g/mol. The summed E-state index contributed by atoms with van der Waals surface area (Å²) >= 11 is 12.1. The highest BCUT2D eigenvalue weighted by Gasteiger charge is 2.12. The molecule has 2 aromatic carbocycles. The minimum Gasteiger partial charge on any atom is -0.382 e. The van der Waals surface area contributed by atoms with Crippen molar-refractivity contribution in [2.75, 3.05) is 19.0 Å². The molecular weight excluding hydrogens is 281 g/mol. The van der Waals surface area contributed by atoms with Crippen LogP contribution in [0.3, 0.4) is 0 Å². The highest BCUT2D eigenvalue weighted by Crippen LogP contribution is 2.29. The van der Waals surface area contributed by atoms with E-state index in [9.17, 15) is 0 Å². The van der Waals surface area contributed by atoms with Gasteiger partial charge in [0.2, 0.25) is 0 Å². The minimum absolute atomic E-state index is 0.0462. The Labute approximate surface area is 123 Å². The van der Waals surface area contributed by atoms with Crippen molar-refractivity contribution >= 4 is 28.9 Å². The molecule has 2 nitrogen and oxygen atoms in total. The van der Waals surface area contributed by atoms with Gasteiger partial charge < -0.3 is 10.1 Å². The summed E-state index contributed by atoms with van der Waals surface area (Å²) in [6.07, 6.45) is 0. The number of hydrogen-bond donors (Lipinski definition) is 1. The van der Waals surface area contributed by atoms with Gasteiger partial charge in [-0.1, -0.05) is 53.5 Å². The van der Waals surface area contributed by atoms with Crippen molar-refractivity contribution in [3.8, 4) is 0 Å². The molecule has 0 aliphatic carbocycles. The fourth-order valence-electron chi connectivity index (χ4n) is 1.87. The van der Waals surface area contributed by atoms with Crippen LogP contribution in [0.15, 0.2) is 48.5 Å². The lowest BCUT2D eigenvalue weighted by atomic mass is 10.1. The van der Waals surface area contributed by atoms with Crippen molar-refractivity contribution in [1.82, 2.24) is 0 Å². The van der Waals surface area contributed by atoms with E-state index >= 15 is 0 Å². The SMILES string of the molecule is COCC(Nc1ccc(Cl)cc1Cl)c1ccccc1. The van der Waals surface area contributed by atoms with Crippen molar-refractivity contribution in [2.45, 2.75) is 6.04 Å². The topological polar surface area (TPSA) is 21.3 Å². The molecule has 19 heavy (non-hydrogen) atoms. The van der Waals surface area contributed by atoms with Gasteiger partial charge in [-0.25, -0.2) is 0 Å². The first-order chi connectivity index (χ1) is 9.20. The second-order valence-electron chi connectivity index (χ2n) is 4.19. The summed E-state index contributed by atoms with van der Waals surface area (Å²) in [4.78, 5) is 0. The second kappa shape index (κ2) is 6.80. The normalized spacial score (nSPS) is 12.2. The molecular formula is C15H15Cl2NO. The molecule has 1 atom stereocenters. The molecule has 0 amide bonds. The van der Waals surface area contributed by atoms with Crippen LogP contribution in [0, 0.1) is 0 Å². The Hall–Kier alpha value is -1.22. The Balaban J connectivity index is 2.21. The first-order valence-electron chi connectivity index (χ1n) is 5.96. The van der Waals surface area contributed by atoms with Crippen LogP contribution in [0.5, 0.6) is 0 Å². The molecule has 1 N–H and O–H groups in total. The maximum absolute atomic E-state index is 6.17. The molecule has 0 saturated carbocycles. The third-order valence-corrected chi connectivity index (χ3v) is 3.34. The van der Waals surface area contributed by atoms with E-state index in [0.717, 1.165) is 11.3 Å². The van der Waals surface area contributed by atoms with Crippen LogP contribution in [-0.2, 0) is 4.74 Å². The maximum atomic E-state index is 6.17. The van der Waals surface area contributed by atoms with Crippen molar-refractivity contribution in [1.29, 1.82) is 0 Å². The molecule has 0 saturated heterocycles. The summed E-state index contributed by atoms with van der Waals surface area (Å²) < 4.78 is 5.26. The van der Waals surface area contributed by atoms with Crippen LogP contribution in [0.1, 0.15) is 11.6 Å². The average Bonchev–Trinajstić information content (AvgIpc) is 2.42. The van der Waals surface area contributed by atoms with Crippen molar-refractivity contribution < 1.29 is 4.74 Å². The molecule has 0 aromatic heterocycles. The number of hydrogen-bond acceptors (Lipinski definition) is 2.